The van der Waals surface area contributed by atoms with Gasteiger partial charge in [0.2, 0.25) is 10.0 Å². The number of nitrogens with zero attached hydrogens (tertiary/aromatic N) is 1. The van der Waals surface area contributed by atoms with E-state index in [2.05, 4.69) is 4.72 Å². The van der Waals surface area contributed by atoms with E-state index in [1.165, 1.54) is 24.3 Å². The summed E-state index contributed by atoms with van der Waals surface area (Å²) in [4.78, 5) is 14.8. The summed E-state index contributed by atoms with van der Waals surface area (Å²) in [5.74, 6) is 1.05. The lowest BCUT2D eigenvalue weighted by molar-refractivity contribution is 0.0704. The molecule has 1 N–H and O–H groups in total. The number of furan rings is 2. The van der Waals surface area contributed by atoms with Crippen LogP contribution in [0.25, 0.3) is 0 Å². The number of amides is 1. The molecule has 0 saturated heterocycles. The fourth-order valence-electron chi connectivity index (χ4n) is 2.83. The highest BCUT2D eigenvalue weighted by atomic mass is 32.2. The first-order chi connectivity index (χ1) is 13.5. The molecule has 2 aromatic heterocycles. The van der Waals surface area contributed by atoms with Crippen molar-refractivity contribution in [3.8, 4) is 0 Å². The largest absolute Gasteiger partial charge is 0.467 e. The number of hydrogen-bond acceptors (Lipinski definition) is 5. The Kier molecular flexibility index (Phi) is 5.06. The van der Waals surface area contributed by atoms with Gasteiger partial charge in [-0.1, -0.05) is 0 Å². The van der Waals surface area contributed by atoms with Crippen molar-refractivity contribution in [3.63, 3.8) is 0 Å². The average molecular weight is 400 g/mol. The molecule has 2 heterocycles. The van der Waals surface area contributed by atoms with Crippen LogP contribution in [0.5, 0.6) is 0 Å². The molecule has 1 aromatic carbocycles. The smallest absolute Gasteiger partial charge is 0.254 e. The summed E-state index contributed by atoms with van der Waals surface area (Å²) >= 11 is 0. The van der Waals surface area contributed by atoms with Gasteiger partial charge in [0, 0.05) is 11.6 Å². The third-order valence-electron chi connectivity index (χ3n) is 4.45. The molecule has 0 bridgehead atoms. The Labute approximate surface area is 163 Å². The zero-order chi connectivity index (χ0) is 19.6. The van der Waals surface area contributed by atoms with Gasteiger partial charge in [0.05, 0.1) is 30.5 Å². The number of hydrogen-bond donors (Lipinski definition) is 1. The Balaban J connectivity index is 1.53. The SMILES string of the molecule is O=C(c1ccc(S(=O)(=O)NC2CC2)cc1)N(Cc1ccco1)Cc1ccco1. The molecular formula is C20H20N2O5S. The van der Waals surface area contributed by atoms with Crippen molar-refractivity contribution >= 4 is 15.9 Å². The van der Waals surface area contributed by atoms with Gasteiger partial charge in [0.1, 0.15) is 11.5 Å². The molecule has 0 unspecified atom stereocenters. The minimum atomic E-state index is -3.55. The summed E-state index contributed by atoms with van der Waals surface area (Å²) in [5, 5.41) is 0. The lowest BCUT2D eigenvalue weighted by atomic mass is 10.2. The highest BCUT2D eigenvalue weighted by Crippen LogP contribution is 2.23. The van der Waals surface area contributed by atoms with Gasteiger partial charge in [-0.25, -0.2) is 13.1 Å². The van der Waals surface area contributed by atoms with Crippen LogP contribution in [0, 0.1) is 0 Å². The van der Waals surface area contributed by atoms with Crippen LogP contribution in [0.3, 0.4) is 0 Å². The minimum Gasteiger partial charge on any atom is -0.467 e. The number of nitrogens with one attached hydrogen (secondary N) is 1. The summed E-state index contributed by atoms with van der Waals surface area (Å²) in [6.07, 6.45) is 4.84. The fourth-order valence-corrected chi connectivity index (χ4v) is 4.13. The van der Waals surface area contributed by atoms with Gasteiger partial charge in [0.25, 0.3) is 5.91 Å². The summed E-state index contributed by atoms with van der Waals surface area (Å²) in [7, 11) is -3.55. The maximum Gasteiger partial charge on any atom is 0.254 e. The lowest BCUT2D eigenvalue weighted by Crippen LogP contribution is -2.30. The number of benzene rings is 1. The monoisotopic (exact) mass is 400 g/mol. The van der Waals surface area contributed by atoms with E-state index in [0.29, 0.717) is 17.1 Å². The average Bonchev–Trinajstić information content (AvgIpc) is 3.13. The first-order valence-corrected chi connectivity index (χ1v) is 10.5. The van der Waals surface area contributed by atoms with E-state index in [-0.39, 0.29) is 29.9 Å². The van der Waals surface area contributed by atoms with E-state index in [1.54, 1.807) is 41.7 Å². The van der Waals surface area contributed by atoms with Crippen LogP contribution in [0.4, 0.5) is 0 Å². The topological polar surface area (TPSA) is 92.8 Å². The fraction of sp³-hybridized carbons (Fsp3) is 0.250. The third kappa shape index (κ3) is 4.35. The molecule has 28 heavy (non-hydrogen) atoms. The third-order valence-corrected chi connectivity index (χ3v) is 5.99. The van der Waals surface area contributed by atoms with Gasteiger partial charge < -0.3 is 13.7 Å². The van der Waals surface area contributed by atoms with Crippen LogP contribution in [0.15, 0.2) is 74.8 Å². The second-order valence-corrected chi connectivity index (χ2v) is 8.45. The van der Waals surface area contributed by atoms with Crippen LogP contribution in [0.2, 0.25) is 0 Å². The molecule has 4 rings (SSSR count). The molecule has 0 atom stereocenters. The number of carbonyl (C=O) groups excluding carboxylic acids is 1. The maximum atomic E-state index is 13.0. The summed E-state index contributed by atoms with van der Waals surface area (Å²) in [5.41, 5.74) is 0.392. The Morgan fingerprint density at radius 1 is 0.964 bits per heavy atom. The zero-order valence-corrected chi connectivity index (χ0v) is 15.9. The van der Waals surface area contributed by atoms with Gasteiger partial charge in [-0.3, -0.25) is 4.79 Å². The van der Waals surface area contributed by atoms with E-state index in [0.717, 1.165) is 12.8 Å². The highest BCUT2D eigenvalue weighted by molar-refractivity contribution is 7.89. The van der Waals surface area contributed by atoms with E-state index >= 15 is 0 Å². The molecule has 1 aliphatic carbocycles. The highest BCUT2D eigenvalue weighted by Gasteiger charge is 2.28. The quantitative estimate of drug-likeness (QED) is 0.627. The van der Waals surface area contributed by atoms with Gasteiger partial charge >= 0.3 is 0 Å². The van der Waals surface area contributed by atoms with Crippen molar-refractivity contribution in [2.45, 2.75) is 36.9 Å². The van der Waals surface area contributed by atoms with Crippen molar-refractivity contribution in [2.24, 2.45) is 0 Å². The molecule has 1 amide bonds. The minimum absolute atomic E-state index is 0.0309. The number of sulfonamides is 1. The van der Waals surface area contributed by atoms with Gasteiger partial charge in [-0.2, -0.15) is 0 Å². The summed E-state index contributed by atoms with van der Waals surface area (Å²) < 4.78 is 37.9. The molecule has 0 radical (unpaired) electrons. The molecular weight excluding hydrogens is 380 g/mol. The Morgan fingerprint density at radius 2 is 1.54 bits per heavy atom. The Hall–Kier alpha value is -2.84. The van der Waals surface area contributed by atoms with E-state index in [1.807, 2.05) is 0 Å². The van der Waals surface area contributed by atoms with Gasteiger partial charge in [-0.15, -0.1) is 0 Å². The summed E-state index contributed by atoms with van der Waals surface area (Å²) in [6, 6.07) is 13.1. The van der Waals surface area contributed by atoms with Gasteiger partial charge in [-0.05, 0) is 61.4 Å². The predicted molar refractivity (Wildman–Crippen MR) is 101 cm³/mol. The van der Waals surface area contributed by atoms with Crippen molar-refractivity contribution in [1.82, 2.24) is 9.62 Å². The van der Waals surface area contributed by atoms with Crippen LogP contribution in [-0.2, 0) is 23.1 Å². The van der Waals surface area contributed by atoms with Crippen LogP contribution >= 0.6 is 0 Å². The Bertz CT molecular complexity index is 985. The normalized spacial score (nSPS) is 14.1. The van der Waals surface area contributed by atoms with Crippen molar-refractivity contribution in [3.05, 3.63) is 78.1 Å². The van der Waals surface area contributed by atoms with Crippen LogP contribution < -0.4 is 4.72 Å². The van der Waals surface area contributed by atoms with Crippen molar-refractivity contribution in [2.75, 3.05) is 0 Å². The molecule has 1 saturated carbocycles. The van der Waals surface area contributed by atoms with E-state index in [9.17, 15) is 13.2 Å². The molecule has 1 fully saturated rings. The number of rotatable bonds is 8. The van der Waals surface area contributed by atoms with Crippen molar-refractivity contribution < 1.29 is 22.0 Å². The molecule has 7 nitrogen and oxygen atoms in total. The Morgan fingerprint density at radius 3 is 2.00 bits per heavy atom. The molecule has 0 spiro atoms. The number of carbonyl (C=O) groups is 1. The molecule has 3 aromatic rings. The second kappa shape index (κ2) is 7.65. The van der Waals surface area contributed by atoms with E-state index < -0.39 is 10.0 Å². The first kappa shape index (κ1) is 18.5. The molecule has 8 heteroatoms. The van der Waals surface area contributed by atoms with E-state index in [4.69, 9.17) is 8.83 Å². The van der Waals surface area contributed by atoms with Gasteiger partial charge in [0.15, 0.2) is 0 Å². The molecule has 1 aliphatic rings. The second-order valence-electron chi connectivity index (χ2n) is 6.74. The summed E-state index contributed by atoms with van der Waals surface area (Å²) in [6.45, 7) is 0.547. The lowest BCUT2D eigenvalue weighted by Gasteiger charge is -2.21. The standard InChI is InChI=1S/C20H20N2O5S/c23-20(15-5-9-19(10-6-15)28(24,25)21-16-7-8-16)22(13-17-3-1-11-26-17)14-18-4-2-12-27-18/h1-6,9-12,16,21H,7-8,13-14H2. The predicted octanol–water partition coefficient (Wildman–Crippen LogP) is 3.16. The maximum absolute atomic E-state index is 13.0. The van der Waals surface area contributed by atoms with Crippen molar-refractivity contribution in [1.29, 1.82) is 0 Å². The van der Waals surface area contributed by atoms with Crippen LogP contribution in [0.1, 0.15) is 34.7 Å². The molecule has 146 valence electrons. The molecule has 0 aliphatic heterocycles. The zero-order valence-electron chi connectivity index (χ0n) is 15.1. The first-order valence-electron chi connectivity index (χ1n) is 8.98. The van der Waals surface area contributed by atoms with Crippen LogP contribution in [-0.4, -0.2) is 25.3 Å².